The van der Waals surface area contributed by atoms with Crippen LogP contribution in [0.2, 0.25) is 0 Å². The minimum Gasteiger partial charge on any atom is -0.457 e. The summed E-state index contributed by atoms with van der Waals surface area (Å²) in [5.74, 6) is 2.45. The molecule has 0 saturated carbocycles. The average molecular weight is 343 g/mol. The lowest BCUT2D eigenvalue weighted by Crippen LogP contribution is -2.01. The maximum absolute atomic E-state index is 6.03. The Balaban J connectivity index is 1.54. The maximum atomic E-state index is 6.03. The largest absolute Gasteiger partial charge is 0.457 e. The van der Waals surface area contributed by atoms with E-state index in [0.29, 0.717) is 5.82 Å². The van der Waals surface area contributed by atoms with E-state index < -0.39 is 0 Å². The predicted octanol–water partition coefficient (Wildman–Crippen LogP) is 4.45. The summed E-state index contributed by atoms with van der Waals surface area (Å²) in [5.41, 5.74) is 7.38. The Morgan fingerprint density at radius 3 is 2.65 bits per heavy atom. The molecule has 128 valence electrons. The molecule has 0 aliphatic heterocycles. The van der Waals surface area contributed by atoms with E-state index in [1.54, 1.807) is 6.20 Å². The lowest BCUT2D eigenvalue weighted by atomic mass is 10.1. The van der Waals surface area contributed by atoms with Crippen molar-refractivity contribution in [3.05, 3.63) is 72.7 Å². The molecule has 4 aromatic rings. The molecule has 6 nitrogen and oxygen atoms in total. The third-order valence-corrected chi connectivity index (χ3v) is 3.87. The Morgan fingerprint density at radius 2 is 1.85 bits per heavy atom. The zero-order valence-corrected chi connectivity index (χ0v) is 14.2. The van der Waals surface area contributed by atoms with Gasteiger partial charge in [0.05, 0.1) is 0 Å². The molecular weight excluding hydrogens is 326 g/mol. The summed E-state index contributed by atoms with van der Waals surface area (Å²) < 4.78 is 6.03. The van der Waals surface area contributed by atoms with E-state index in [1.165, 1.54) is 0 Å². The summed E-state index contributed by atoms with van der Waals surface area (Å²) in [6, 6.07) is 17.4. The molecule has 2 heterocycles. The number of fused-ring (bicyclic) bond motifs is 1. The lowest BCUT2D eigenvalue weighted by Gasteiger charge is -2.10. The molecule has 26 heavy (non-hydrogen) atoms. The molecule has 2 aromatic heterocycles. The van der Waals surface area contributed by atoms with Crippen LogP contribution in [0.4, 0.5) is 17.5 Å². The minimum absolute atomic E-state index is 0.248. The molecular formula is C20H17N5O. The molecule has 3 N–H and O–H groups in total. The highest BCUT2D eigenvalue weighted by atomic mass is 16.5. The van der Waals surface area contributed by atoms with Crippen LogP contribution in [0.1, 0.15) is 5.69 Å². The number of hydrogen-bond donors (Lipinski definition) is 2. The van der Waals surface area contributed by atoms with Gasteiger partial charge >= 0.3 is 0 Å². The highest BCUT2D eigenvalue weighted by Crippen LogP contribution is 2.30. The van der Waals surface area contributed by atoms with E-state index in [4.69, 9.17) is 10.5 Å². The number of nitrogens with one attached hydrogen (secondary N) is 1. The smallest absolute Gasteiger partial charge is 0.222 e. The second-order valence-electron chi connectivity index (χ2n) is 5.86. The number of benzene rings is 2. The summed E-state index contributed by atoms with van der Waals surface area (Å²) in [6.45, 7) is 1.87. The lowest BCUT2D eigenvalue weighted by molar-refractivity contribution is 0.488. The van der Waals surface area contributed by atoms with Gasteiger partial charge in [0.2, 0.25) is 5.95 Å². The number of pyridine rings is 1. The second kappa shape index (κ2) is 6.68. The number of aryl methyl sites for hydroxylation is 1. The molecule has 0 bridgehead atoms. The molecule has 0 aliphatic rings. The number of nitrogens with zero attached hydrogens (tertiary/aromatic N) is 3. The summed E-state index contributed by atoms with van der Waals surface area (Å²) >= 11 is 0. The van der Waals surface area contributed by atoms with Crippen LogP contribution < -0.4 is 15.8 Å². The fourth-order valence-corrected chi connectivity index (χ4v) is 2.72. The van der Waals surface area contributed by atoms with E-state index in [2.05, 4.69) is 20.3 Å². The zero-order valence-electron chi connectivity index (χ0n) is 14.2. The first-order valence-electron chi connectivity index (χ1n) is 8.16. The van der Waals surface area contributed by atoms with Crippen molar-refractivity contribution in [3.63, 3.8) is 0 Å². The van der Waals surface area contributed by atoms with Crippen LogP contribution in [0.15, 0.2) is 67.0 Å². The summed E-state index contributed by atoms with van der Waals surface area (Å²) in [4.78, 5) is 12.4. The number of anilines is 3. The Bertz CT molecular complexity index is 1040. The normalized spacial score (nSPS) is 10.7. The van der Waals surface area contributed by atoms with Gasteiger partial charge in [-0.05, 0) is 43.3 Å². The SMILES string of the molecule is Cc1cc(Nc2ccc(Oc3cccc4cnccc34)cc2)nc(N)n1. The van der Waals surface area contributed by atoms with E-state index in [9.17, 15) is 0 Å². The van der Waals surface area contributed by atoms with Crippen molar-refractivity contribution in [1.29, 1.82) is 0 Å². The summed E-state index contributed by atoms with van der Waals surface area (Å²) in [6.07, 6.45) is 3.59. The monoisotopic (exact) mass is 343 g/mol. The van der Waals surface area contributed by atoms with Gasteiger partial charge in [-0.3, -0.25) is 4.98 Å². The first-order chi connectivity index (χ1) is 12.7. The Hall–Kier alpha value is -3.67. The van der Waals surface area contributed by atoms with Gasteiger partial charge in [-0.15, -0.1) is 0 Å². The average Bonchev–Trinajstić information content (AvgIpc) is 2.63. The third kappa shape index (κ3) is 3.39. The topological polar surface area (TPSA) is 86.0 Å². The molecule has 2 aromatic carbocycles. The van der Waals surface area contributed by atoms with E-state index >= 15 is 0 Å². The van der Waals surface area contributed by atoms with Gasteiger partial charge in [0.15, 0.2) is 0 Å². The van der Waals surface area contributed by atoms with Crippen LogP contribution in [0.25, 0.3) is 10.8 Å². The van der Waals surface area contributed by atoms with Gasteiger partial charge in [0.1, 0.15) is 17.3 Å². The van der Waals surface area contributed by atoms with Gasteiger partial charge in [-0.1, -0.05) is 12.1 Å². The number of ether oxygens (including phenoxy) is 1. The van der Waals surface area contributed by atoms with Crippen LogP contribution in [0.3, 0.4) is 0 Å². The maximum Gasteiger partial charge on any atom is 0.222 e. The van der Waals surface area contributed by atoms with Gasteiger partial charge < -0.3 is 15.8 Å². The van der Waals surface area contributed by atoms with Crippen molar-refractivity contribution in [2.24, 2.45) is 0 Å². The van der Waals surface area contributed by atoms with Crippen molar-refractivity contribution >= 4 is 28.2 Å². The van der Waals surface area contributed by atoms with Crippen molar-refractivity contribution in [2.75, 3.05) is 11.1 Å². The van der Waals surface area contributed by atoms with Gasteiger partial charge in [-0.2, -0.15) is 4.98 Å². The molecule has 0 radical (unpaired) electrons. The molecule has 0 unspecified atom stereocenters. The first kappa shape index (κ1) is 15.8. The summed E-state index contributed by atoms with van der Waals surface area (Å²) in [7, 11) is 0. The number of hydrogen-bond acceptors (Lipinski definition) is 6. The number of nitrogens with two attached hydrogens (primary N) is 1. The second-order valence-corrected chi connectivity index (χ2v) is 5.86. The highest BCUT2D eigenvalue weighted by molar-refractivity contribution is 5.87. The molecule has 6 heteroatoms. The van der Waals surface area contributed by atoms with Crippen LogP contribution in [0, 0.1) is 6.92 Å². The van der Waals surface area contributed by atoms with Gasteiger partial charge in [0.25, 0.3) is 0 Å². The number of nitrogen functional groups attached to an aromatic ring is 1. The molecule has 0 spiro atoms. The Morgan fingerprint density at radius 1 is 1.00 bits per heavy atom. The summed E-state index contributed by atoms with van der Waals surface area (Å²) in [5, 5.41) is 5.28. The van der Waals surface area contributed by atoms with E-state index in [1.807, 2.05) is 67.7 Å². The van der Waals surface area contributed by atoms with Crippen molar-refractivity contribution in [2.45, 2.75) is 6.92 Å². The van der Waals surface area contributed by atoms with E-state index in [0.717, 1.165) is 33.7 Å². The van der Waals surface area contributed by atoms with Gasteiger partial charge in [0, 0.05) is 40.6 Å². The van der Waals surface area contributed by atoms with Crippen LogP contribution in [-0.2, 0) is 0 Å². The molecule has 0 atom stereocenters. The molecule has 0 fully saturated rings. The zero-order chi connectivity index (χ0) is 17.9. The highest BCUT2D eigenvalue weighted by Gasteiger charge is 2.04. The molecule has 0 aliphatic carbocycles. The fraction of sp³-hybridized carbons (Fsp3) is 0.0500. The first-order valence-corrected chi connectivity index (χ1v) is 8.16. The fourth-order valence-electron chi connectivity index (χ4n) is 2.72. The van der Waals surface area contributed by atoms with Crippen LogP contribution in [0.5, 0.6) is 11.5 Å². The Labute approximate surface area is 150 Å². The molecule has 0 saturated heterocycles. The standard InChI is InChI=1S/C20H17N5O/c1-13-11-19(25-20(21)23-13)24-15-5-7-16(8-6-15)26-18-4-2-3-14-12-22-10-9-17(14)18/h2-12H,1H3,(H3,21,23,24,25). The molecule has 0 amide bonds. The Kier molecular flexibility index (Phi) is 4.07. The van der Waals surface area contributed by atoms with Crippen LogP contribution in [-0.4, -0.2) is 15.0 Å². The van der Waals surface area contributed by atoms with Crippen LogP contribution >= 0.6 is 0 Å². The van der Waals surface area contributed by atoms with Gasteiger partial charge in [-0.25, -0.2) is 4.98 Å². The van der Waals surface area contributed by atoms with E-state index in [-0.39, 0.29) is 5.95 Å². The number of rotatable bonds is 4. The van der Waals surface area contributed by atoms with Crippen molar-refractivity contribution in [3.8, 4) is 11.5 Å². The predicted molar refractivity (Wildman–Crippen MR) is 103 cm³/mol. The molecule has 4 rings (SSSR count). The number of aromatic nitrogens is 3. The van der Waals surface area contributed by atoms with Crippen molar-refractivity contribution < 1.29 is 4.74 Å². The van der Waals surface area contributed by atoms with Crippen molar-refractivity contribution in [1.82, 2.24) is 15.0 Å². The quantitative estimate of drug-likeness (QED) is 0.569. The minimum atomic E-state index is 0.248. The third-order valence-electron chi connectivity index (χ3n) is 3.87.